The van der Waals surface area contributed by atoms with Crippen LogP contribution in [0.25, 0.3) is 42.4 Å². The molecule has 47 heavy (non-hydrogen) atoms. The van der Waals surface area contributed by atoms with Crippen LogP contribution in [0.5, 0.6) is 0 Å². The second kappa shape index (κ2) is 9.69. The normalized spacial score (nSPS) is 24.8. The van der Waals surface area contributed by atoms with Gasteiger partial charge in [0.2, 0.25) is 0 Å². The largest absolute Gasteiger partial charge is 0.310 e. The lowest BCUT2D eigenvalue weighted by Crippen LogP contribution is -2.40. The van der Waals surface area contributed by atoms with Crippen molar-refractivity contribution < 1.29 is 0 Å². The molecule has 0 aliphatic heterocycles. The van der Waals surface area contributed by atoms with Gasteiger partial charge in [0.25, 0.3) is 0 Å². The highest BCUT2D eigenvalue weighted by Gasteiger charge is 2.66. The minimum atomic E-state index is 0.214. The van der Waals surface area contributed by atoms with Crippen molar-refractivity contribution in [1.82, 2.24) is 0 Å². The van der Waals surface area contributed by atoms with E-state index >= 15 is 0 Å². The van der Waals surface area contributed by atoms with Gasteiger partial charge >= 0.3 is 0 Å². The Bertz CT molecular complexity index is 2350. The third-order valence-corrected chi connectivity index (χ3v) is 13.6. The highest BCUT2D eigenvalue weighted by Crippen LogP contribution is 2.73. The highest BCUT2D eigenvalue weighted by atomic mass is 32.1. The van der Waals surface area contributed by atoms with Crippen molar-refractivity contribution in [3.8, 4) is 22.3 Å². The number of thiophene rings is 1. The molecule has 4 fully saturated rings. The van der Waals surface area contributed by atoms with E-state index < -0.39 is 0 Å². The molecule has 2 heteroatoms. The van der Waals surface area contributed by atoms with Crippen LogP contribution in [0.2, 0.25) is 0 Å². The molecule has 1 nitrogen and oxygen atoms in total. The van der Waals surface area contributed by atoms with Gasteiger partial charge in [-0.05, 0) is 125 Å². The van der Waals surface area contributed by atoms with Gasteiger partial charge < -0.3 is 4.90 Å². The SMILES string of the molecule is c1ccc(N(c2ccc(-c3cccc4c3-c3ccccc3C43C4CC5CC(C4)C3C5)cc2)c2cccc3sc4ccccc4c23)cc1. The fraction of sp³-hybridized carbons (Fsp3) is 0.200. The summed E-state index contributed by atoms with van der Waals surface area (Å²) in [5.74, 6) is 3.48. The summed E-state index contributed by atoms with van der Waals surface area (Å²) < 4.78 is 2.65. The van der Waals surface area contributed by atoms with Gasteiger partial charge in [0.1, 0.15) is 0 Å². The third-order valence-electron chi connectivity index (χ3n) is 12.5. The molecule has 4 bridgehead atoms. The fourth-order valence-corrected chi connectivity index (χ4v) is 12.1. The maximum atomic E-state index is 2.50. The monoisotopic (exact) mass is 621 g/mol. The summed E-state index contributed by atoms with van der Waals surface area (Å²) in [4.78, 5) is 2.44. The lowest BCUT2D eigenvalue weighted by Gasteiger charge is -2.43. The van der Waals surface area contributed by atoms with Crippen LogP contribution in [0.15, 0.2) is 140 Å². The zero-order chi connectivity index (χ0) is 30.7. The Labute approximate surface area is 280 Å². The van der Waals surface area contributed by atoms with Crippen LogP contribution < -0.4 is 4.90 Å². The summed E-state index contributed by atoms with van der Waals surface area (Å²) in [6, 6.07) is 52.5. The van der Waals surface area contributed by atoms with Gasteiger partial charge in [-0.2, -0.15) is 0 Å². The Hall–Kier alpha value is -4.66. The minimum Gasteiger partial charge on any atom is -0.310 e. The average Bonchev–Trinajstić information content (AvgIpc) is 3.81. The number of hydrogen-bond donors (Lipinski definition) is 0. The van der Waals surface area contributed by atoms with Crippen LogP contribution in [0, 0.1) is 23.7 Å². The molecule has 6 aromatic carbocycles. The van der Waals surface area contributed by atoms with E-state index in [0.717, 1.165) is 23.7 Å². The van der Waals surface area contributed by atoms with Gasteiger partial charge in [-0.15, -0.1) is 11.3 Å². The number of rotatable bonds is 4. The molecule has 7 aromatic rings. The van der Waals surface area contributed by atoms with Crippen LogP contribution >= 0.6 is 11.3 Å². The molecule has 226 valence electrons. The third kappa shape index (κ3) is 3.49. The van der Waals surface area contributed by atoms with Crippen molar-refractivity contribution in [1.29, 1.82) is 0 Å². The number of para-hydroxylation sites is 1. The molecule has 5 unspecified atom stereocenters. The molecule has 0 radical (unpaired) electrons. The van der Waals surface area contributed by atoms with Crippen molar-refractivity contribution in [2.24, 2.45) is 23.7 Å². The van der Waals surface area contributed by atoms with E-state index in [9.17, 15) is 0 Å². The molecule has 5 atom stereocenters. The van der Waals surface area contributed by atoms with E-state index in [0.29, 0.717) is 0 Å². The first kappa shape index (κ1) is 26.4. The first-order chi connectivity index (χ1) is 23.3. The van der Waals surface area contributed by atoms with Gasteiger partial charge in [-0.25, -0.2) is 0 Å². The van der Waals surface area contributed by atoms with Crippen LogP contribution in [0.3, 0.4) is 0 Å². The van der Waals surface area contributed by atoms with Gasteiger partial charge in [-0.1, -0.05) is 97.1 Å². The molecule has 1 aromatic heterocycles. The number of fused-ring (bicyclic) bond motifs is 6. The van der Waals surface area contributed by atoms with Crippen molar-refractivity contribution >= 4 is 48.6 Å². The topological polar surface area (TPSA) is 3.24 Å². The van der Waals surface area contributed by atoms with Crippen LogP contribution in [0.4, 0.5) is 17.1 Å². The molecule has 5 aliphatic rings. The Balaban J connectivity index is 1.07. The van der Waals surface area contributed by atoms with Crippen molar-refractivity contribution in [3.05, 3.63) is 151 Å². The molecule has 0 saturated heterocycles. The zero-order valence-corrected chi connectivity index (χ0v) is 27.1. The summed E-state index contributed by atoms with van der Waals surface area (Å²) in [6.45, 7) is 0. The summed E-state index contributed by atoms with van der Waals surface area (Å²) in [7, 11) is 0. The van der Waals surface area contributed by atoms with E-state index in [-0.39, 0.29) is 5.41 Å². The molecule has 4 saturated carbocycles. The summed E-state index contributed by atoms with van der Waals surface area (Å²) in [5, 5.41) is 2.64. The van der Waals surface area contributed by atoms with E-state index in [1.807, 2.05) is 11.3 Å². The minimum absolute atomic E-state index is 0.214. The quantitative estimate of drug-likeness (QED) is 0.189. The zero-order valence-electron chi connectivity index (χ0n) is 26.3. The molecule has 5 aliphatic carbocycles. The molecular formula is C45H35NS. The van der Waals surface area contributed by atoms with Crippen LogP contribution in [-0.2, 0) is 5.41 Å². The fourth-order valence-electron chi connectivity index (χ4n) is 11.0. The molecule has 1 spiro atoms. The Morgan fingerprint density at radius 2 is 1.28 bits per heavy atom. The predicted molar refractivity (Wildman–Crippen MR) is 198 cm³/mol. The maximum Gasteiger partial charge on any atom is 0.0554 e. The van der Waals surface area contributed by atoms with Gasteiger partial charge in [0.15, 0.2) is 0 Å². The molecule has 0 N–H and O–H groups in total. The van der Waals surface area contributed by atoms with Crippen molar-refractivity contribution in [2.45, 2.75) is 31.1 Å². The average molecular weight is 622 g/mol. The van der Waals surface area contributed by atoms with E-state index in [2.05, 4.69) is 144 Å². The summed E-state index contributed by atoms with van der Waals surface area (Å²) in [6.07, 6.45) is 5.74. The highest BCUT2D eigenvalue weighted by molar-refractivity contribution is 7.26. The van der Waals surface area contributed by atoms with E-state index in [1.54, 1.807) is 11.1 Å². The Kier molecular flexibility index (Phi) is 5.44. The Morgan fingerprint density at radius 1 is 0.553 bits per heavy atom. The second-order valence-electron chi connectivity index (χ2n) is 14.5. The summed E-state index contributed by atoms with van der Waals surface area (Å²) >= 11 is 1.88. The van der Waals surface area contributed by atoms with Gasteiger partial charge in [-0.3, -0.25) is 0 Å². The van der Waals surface area contributed by atoms with Crippen LogP contribution in [0.1, 0.15) is 36.8 Å². The molecule has 0 amide bonds. The maximum absolute atomic E-state index is 2.50. The smallest absolute Gasteiger partial charge is 0.0554 e. The predicted octanol–water partition coefficient (Wildman–Crippen LogP) is 12.5. The van der Waals surface area contributed by atoms with Gasteiger partial charge in [0, 0.05) is 37.0 Å². The first-order valence-electron chi connectivity index (χ1n) is 17.4. The summed E-state index contributed by atoms with van der Waals surface area (Å²) in [5.41, 5.74) is 12.7. The number of benzene rings is 6. The van der Waals surface area contributed by atoms with Crippen LogP contribution in [-0.4, -0.2) is 0 Å². The molecule has 1 heterocycles. The number of anilines is 3. The lowest BCUT2D eigenvalue weighted by molar-refractivity contribution is 0.191. The van der Waals surface area contributed by atoms with E-state index in [4.69, 9.17) is 0 Å². The second-order valence-corrected chi connectivity index (χ2v) is 15.6. The lowest BCUT2D eigenvalue weighted by atomic mass is 9.59. The number of nitrogens with zero attached hydrogens (tertiary/aromatic N) is 1. The van der Waals surface area contributed by atoms with Crippen molar-refractivity contribution in [2.75, 3.05) is 4.90 Å². The standard InChI is InChI=1S/C45H35NS/c1-2-10-32(11-3-1)46(40-17-9-19-42-44(40)36-13-5-7-18-41(36)47-42)33-22-20-29(21-23-33)34-14-8-16-38-43(34)35-12-4-6-15-37(35)45(38)31-25-28-24-30(27-31)39(45)26-28/h1-23,28,30-31,39H,24-27H2. The number of hydrogen-bond acceptors (Lipinski definition) is 2. The van der Waals surface area contributed by atoms with E-state index in [1.165, 1.54) is 85.2 Å². The van der Waals surface area contributed by atoms with Gasteiger partial charge in [0.05, 0.1) is 5.69 Å². The Morgan fingerprint density at radius 3 is 2.17 bits per heavy atom. The molecular weight excluding hydrogens is 587 g/mol. The van der Waals surface area contributed by atoms with Crippen molar-refractivity contribution in [3.63, 3.8) is 0 Å². The molecule has 12 rings (SSSR count). The first-order valence-corrected chi connectivity index (χ1v) is 18.2.